The Kier molecular flexibility index (Phi) is 3.34. The van der Waals surface area contributed by atoms with Crippen molar-refractivity contribution in [1.82, 2.24) is 5.16 Å². The average molecular weight is 269 g/mol. The van der Waals surface area contributed by atoms with E-state index in [0.717, 1.165) is 0 Å². The van der Waals surface area contributed by atoms with E-state index in [2.05, 4.69) is 10.5 Å². The molecule has 0 aliphatic carbocycles. The molecule has 1 amide bonds. The summed E-state index contributed by atoms with van der Waals surface area (Å²) < 4.78 is 17.9. The first-order valence-corrected chi connectivity index (χ1v) is 5.56. The summed E-state index contributed by atoms with van der Waals surface area (Å²) in [6.07, 6.45) is 0. The molecule has 18 heavy (non-hydrogen) atoms. The fourth-order valence-electron chi connectivity index (χ4n) is 1.57. The van der Waals surface area contributed by atoms with Crippen molar-refractivity contribution in [2.24, 2.45) is 0 Å². The first-order chi connectivity index (χ1) is 8.49. The zero-order chi connectivity index (χ0) is 13.3. The molecule has 0 saturated heterocycles. The van der Waals surface area contributed by atoms with Gasteiger partial charge in [-0.1, -0.05) is 16.8 Å². The standard InChI is InChI=1S/C12H10ClFN2O2/c1-6-11(7(2)18-16-6)12(17)15-8-3-4-10(14)9(13)5-8/h3-5H,1-2H3,(H,15,17). The summed E-state index contributed by atoms with van der Waals surface area (Å²) in [6.45, 7) is 3.32. The fraction of sp³-hybridized carbons (Fsp3) is 0.167. The highest BCUT2D eigenvalue weighted by Gasteiger charge is 2.17. The number of benzene rings is 1. The van der Waals surface area contributed by atoms with Crippen molar-refractivity contribution in [3.8, 4) is 0 Å². The van der Waals surface area contributed by atoms with E-state index < -0.39 is 5.82 Å². The zero-order valence-electron chi connectivity index (χ0n) is 9.75. The lowest BCUT2D eigenvalue weighted by Gasteiger charge is -2.05. The summed E-state index contributed by atoms with van der Waals surface area (Å²) in [4.78, 5) is 12.0. The Labute approximate surface area is 108 Å². The van der Waals surface area contributed by atoms with E-state index in [9.17, 15) is 9.18 Å². The Bertz CT molecular complexity index is 591. The van der Waals surface area contributed by atoms with Crippen LogP contribution in [0.25, 0.3) is 0 Å². The minimum absolute atomic E-state index is 0.0495. The van der Waals surface area contributed by atoms with E-state index >= 15 is 0 Å². The molecule has 0 atom stereocenters. The van der Waals surface area contributed by atoms with Gasteiger partial charge in [0.2, 0.25) is 0 Å². The molecule has 4 nitrogen and oxygen atoms in total. The number of aryl methyl sites for hydroxylation is 2. The lowest BCUT2D eigenvalue weighted by atomic mass is 10.2. The first kappa shape index (κ1) is 12.6. The van der Waals surface area contributed by atoms with Crippen molar-refractivity contribution >= 4 is 23.2 Å². The van der Waals surface area contributed by atoms with Crippen molar-refractivity contribution in [2.75, 3.05) is 5.32 Å². The molecule has 2 aromatic rings. The minimum atomic E-state index is -0.535. The maximum absolute atomic E-state index is 13.0. The van der Waals surface area contributed by atoms with Gasteiger partial charge in [-0.25, -0.2) is 4.39 Å². The van der Waals surface area contributed by atoms with Crippen LogP contribution < -0.4 is 5.32 Å². The number of hydrogen-bond donors (Lipinski definition) is 1. The van der Waals surface area contributed by atoms with E-state index in [0.29, 0.717) is 22.7 Å². The van der Waals surface area contributed by atoms with Gasteiger partial charge in [-0.15, -0.1) is 0 Å². The molecule has 6 heteroatoms. The summed E-state index contributed by atoms with van der Waals surface area (Å²) in [7, 11) is 0. The number of rotatable bonds is 2. The van der Waals surface area contributed by atoms with Gasteiger partial charge in [0, 0.05) is 5.69 Å². The van der Waals surface area contributed by atoms with E-state index in [4.69, 9.17) is 16.1 Å². The molecule has 2 rings (SSSR count). The third-order valence-electron chi connectivity index (χ3n) is 2.44. The van der Waals surface area contributed by atoms with Gasteiger partial charge in [-0.3, -0.25) is 4.79 Å². The summed E-state index contributed by atoms with van der Waals surface area (Å²) in [5.41, 5.74) is 1.28. The normalized spacial score (nSPS) is 10.4. The molecule has 1 heterocycles. The van der Waals surface area contributed by atoms with E-state index in [-0.39, 0.29) is 10.9 Å². The summed E-state index contributed by atoms with van der Waals surface area (Å²) >= 11 is 5.63. The number of carbonyl (C=O) groups excluding carboxylic acids is 1. The molecule has 0 fully saturated rings. The molecule has 0 radical (unpaired) electrons. The summed E-state index contributed by atoms with van der Waals surface area (Å²) in [5, 5.41) is 6.24. The van der Waals surface area contributed by atoms with E-state index in [1.807, 2.05) is 0 Å². The molecule has 0 saturated carbocycles. The number of amides is 1. The van der Waals surface area contributed by atoms with E-state index in [1.54, 1.807) is 13.8 Å². The number of nitrogens with one attached hydrogen (secondary N) is 1. The molecule has 0 aliphatic heterocycles. The van der Waals surface area contributed by atoms with Crippen LogP contribution in [0.3, 0.4) is 0 Å². The van der Waals surface area contributed by atoms with Gasteiger partial charge in [0.05, 0.1) is 10.7 Å². The van der Waals surface area contributed by atoms with Crippen LogP contribution in [0.15, 0.2) is 22.7 Å². The fourth-order valence-corrected chi connectivity index (χ4v) is 1.76. The maximum Gasteiger partial charge on any atom is 0.261 e. The molecule has 0 unspecified atom stereocenters. The highest BCUT2D eigenvalue weighted by Crippen LogP contribution is 2.21. The lowest BCUT2D eigenvalue weighted by molar-refractivity contribution is 0.102. The molecule has 0 spiro atoms. The van der Waals surface area contributed by atoms with Crippen LogP contribution in [0, 0.1) is 19.7 Å². The Morgan fingerprint density at radius 1 is 1.44 bits per heavy atom. The van der Waals surface area contributed by atoms with Crippen LogP contribution in [-0.4, -0.2) is 11.1 Å². The van der Waals surface area contributed by atoms with Crippen molar-refractivity contribution in [2.45, 2.75) is 13.8 Å². The van der Waals surface area contributed by atoms with Gasteiger partial charge >= 0.3 is 0 Å². The van der Waals surface area contributed by atoms with Crippen LogP contribution in [0.4, 0.5) is 10.1 Å². The molecule has 1 aromatic carbocycles. The van der Waals surface area contributed by atoms with Crippen LogP contribution in [-0.2, 0) is 0 Å². The second-order valence-corrected chi connectivity index (χ2v) is 4.19. The van der Waals surface area contributed by atoms with Crippen molar-refractivity contribution < 1.29 is 13.7 Å². The largest absolute Gasteiger partial charge is 0.361 e. The Morgan fingerprint density at radius 3 is 2.72 bits per heavy atom. The monoisotopic (exact) mass is 268 g/mol. The highest BCUT2D eigenvalue weighted by molar-refractivity contribution is 6.31. The number of aromatic nitrogens is 1. The number of nitrogens with zero attached hydrogens (tertiary/aromatic N) is 1. The Balaban J connectivity index is 2.24. The van der Waals surface area contributed by atoms with Gasteiger partial charge in [-0.2, -0.15) is 0 Å². The number of carbonyl (C=O) groups is 1. The van der Waals surface area contributed by atoms with Crippen LogP contribution in [0.2, 0.25) is 5.02 Å². The first-order valence-electron chi connectivity index (χ1n) is 5.18. The summed E-state index contributed by atoms with van der Waals surface area (Å²) in [6, 6.07) is 3.95. The van der Waals surface area contributed by atoms with Gasteiger partial charge < -0.3 is 9.84 Å². The number of halogens is 2. The summed E-state index contributed by atoms with van der Waals surface area (Å²) in [5.74, 6) is -0.473. The van der Waals surface area contributed by atoms with Crippen LogP contribution >= 0.6 is 11.6 Å². The molecule has 94 valence electrons. The Morgan fingerprint density at radius 2 is 2.17 bits per heavy atom. The quantitative estimate of drug-likeness (QED) is 0.909. The minimum Gasteiger partial charge on any atom is -0.361 e. The van der Waals surface area contributed by atoms with Crippen LogP contribution in [0.5, 0.6) is 0 Å². The van der Waals surface area contributed by atoms with Gasteiger partial charge in [0.1, 0.15) is 17.1 Å². The van der Waals surface area contributed by atoms with Crippen LogP contribution in [0.1, 0.15) is 21.8 Å². The zero-order valence-corrected chi connectivity index (χ0v) is 10.5. The molecular weight excluding hydrogens is 259 g/mol. The number of anilines is 1. The predicted molar refractivity (Wildman–Crippen MR) is 65.3 cm³/mol. The molecule has 1 aromatic heterocycles. The topological polar surface area (TPSA) is 55.1 Å². The smallest absolute Gasteiger partial charge is 0.261 e. The van der Waals surface area contributed by atoms with Gasteiger partial charge in [0.15, 0.2) is 0 Å². The lowest BCUT2D eigenvalue weighted by Crippen LogP contribution is -2.13. The second-order valence-electron chi connectivity index (χ2n) is 3.78. The second kappa shape index (κ2) is 4.78. The van der Waals surface area contributed by atoms with Gasteiger partial charge in [-0.05, 0) is 32.0 Å². The van der Waals surface area contributed by atoms with Crippen molar-refractivity contribution in [3.63, 3.8) is 0 Å². The van der Waals surface area contributed by atoms with Crippen molar-refractivity contribution in [3.05, 3.63) is 46.1 Å². The third kappa shape index (κ3) is 2.36. The average Bonchev–Trinajstić information content (AvgIpc) is 2.64. The van der Waals surface area contributed by atoms with Gasteiger partial charge in [0.25, 0.3) is 5.91 Å². The maximum atomic E-state index is 13.0. The highest BCUT2D eigenvalue weighted by atomic mass is 35.5. The third-order valence-corrected chi connectivity index (χ3v) is 2.73. The molecule has 0 aliphatic rings. The Hall–Kier alpha value is -1.88. The van der Waals surface area contributed by atoms with Crippen molar-refractivity contribution in [1.29, 1.82) is 0 Å². The molecular formula is C12H10ClFN2O2. The number of hydrogen-bond acceptors (Lipinski definition) is 3. The molecule has 1 N–H and O–H groups in total. The predicted octanol–water partition coefficient (Wildman–Crippen LogP) is 3.34. The SMILES string of the molecule is Cc1noc(C)c1C(=O)Nc1ccc(F)c(Cl)c1. The van der Waals surface area contributed by atoms with E-state index in [1.165, 1.54) is 18.2 Å². The molecule has 0 bridgehead atoms.